The molecule has 3 heterocycles. The Morgan fingerprint density at radius 2 is 1.54 bits per heavy atom. The van der Waals surface area contributed by atoms with E-state index in [1.54, 1.807) is 30.3 Å². The Morgan fingerprint density at radius 3 is 2.12 bits per heavy atom. The van der Waals surface area contributed by atoms with Crippen LogP contribution >= 0.6 is 23.5 Å². The molecule has 1 aromatic carbocycles. The quantitative estimate of drug-likeness (QED) is 0.141. The Morgan fingerprint density at radius 1 is 0.927 bits per heavy atom. The molecule has 0 amide bonds. The van der Waals surface area contributed by atoms with Crippen LogP contribution < -0.4 is 144 Å². The Balaban J connectivity index is 0.00000400. The van der Waals surface area contributed by atoms with Gasteiger partial charge in [0.1, 0.15) is 36.1 Å². The first-order valence-electron chi connectivity index (χ1n) is 10.1. The molecule has 3 aromatic rings. The van der Waals surface area contributed by atoms with Crippen LogP contribution in [0.5, 0.6) is 0 Å². The van der Waals surface area contributed by atoms with Crippen molar-refractivity contribution in [1.29, 1.82) is 0 Å². The summed E-state index contributed by atoms with van der Waals surface area (Å²) in [6, 6.07) is 8.91. The molecule has 4 N–H and O–H groups in total. The van der Waals surface area contributed by atoms with Crippen molar-refractivity contribution in [1.82, 2.24) is 14.5 Å². The normalized spacial score (nSPS) is 23.2. The molecule has 2 aromatic heterocycles. The molecule has 0 bridgehead atoms. The number of phosphoric ester groups is 1. The second-order valence-electron chi connectivity index (χ2n) is 7.62. The third-order valence-corrected chi connectivity index (χ3v) is 8.80. The summed E-state index contributed by atoms with van der Waals surface area (Å²) < 4.78 is 51.3. The number of phosphoric acid groups is 3. The minimum atomic E-state index is -6.16. The SMILES string of the molecule is Nc1ncnc2c1c(-c1ccccc1)cn2[C@@H]1O[C@H](COP(=O)([O-])OP(=O)([O-])OP(=O)([O-])[O-])[C@@H](O)[C@H]1O.[Na+].[Na+].[Na+].[Na+]. The molecule has 4 rings (SSSR count). The summed E-state index contributed by atoms with van der Waals surface area (Å²) in [5, 5.41) is 21.4. The van der Waals surface area contributed by atoms with Gasteiger partial charge in [0.2, 0.25) is 0 Å². The molecule has 2 unspecified atom stereocenters. The predicted octanol–water partition coefficient (Wildman–Crippen LogP) is -13.9. The average Bonchev–Trinajstić information content (AvgIpc) is 3.29. The molecule has 17 nitrogen and oxygen atoms in total. The maximum atomic E-state index is 11.8. The van der Waals surface area contributed by atoms with Crippen LogP contribution in [-0.2, 0) is 31.6 Å². The van der Waals surface area contributed by atoms with E-state index in [-0.39, 0.29) is 130 Å². The van der Waals surface area contributed by atoms with E-state index in [0.29, 0.717) is 10.9 Å². The van der Waals surface area contributed by atoms with Crippen LogP contribution in [0.2, 0.25) is 0 Å². The first-order valence-corrected chi connectivity index (χ1v) is 14.4. The number of ether oxygens (including phenoxy) is 1. The van der Waals surface area contributed by atoms with Gasteiger partial charge in [-0.05, 0) is 5.56 Å². The largest absolute Gasteiger partial charge is 1.00 e. The van der Waals surface area contributed by atoms with Gasteiger partial charge < -0.3 is 53.9 Å². The van der Waals surface area contributed by atoms with E-state index in [1.165, 1.54) is 10.8 Å². The van der Waals surface area contributed by atoms with E-state index in [9.17, 15) is 43.5 Å². The summed E-state index contributed by atoms with van der Waals surface area (Å²) in [7, 11) is -18.2. The number of hydrogen-bond donors (Lipinski definition) is 3. The van der Waals surface area contributed by atoms with E-state index in [4.69, 9.17) is 10.5 Å². The van der Waals surface area contributed by atoms with Gasteiger partial charge in [0.15, 0.2) is 6.23 Å². The molecular weight excluding hydrogens is 653 g/mol. The van der Waals surface area contributed by atoms with Crippen LogP contribution in [0.3, 0.4) is 0 Å². The van der Waals surface area contributed by atoms with Gasteiger partial charge in [-0.15, -0.1) is 0 Å². The molecular formula is C17H17N4Na4O13P3. The number of nitrogen functional groups attached to an aromatic ring is 1. The number of aliphatic hydroxyl groups is 2. The Hall–Kier alpha value is 1.93. The minimum Gasteiger partial charge on any atom is -0.790 e. The molecule has 1 fully saturated rings. The van der Waals surface area contributed by atoms with Gasteiger partial charge in [0, 0.05) is 11.8 Å². The van der Waals surface area contributed by atoms with Crippen LogP contribution in [0, 0.1) is 0 Å². The summed E-state index contributed by atoms with van der Waals surface area (Å²) >= 11 is 0. The van der Waals surface area contributed by atoms with Crippen molar-refractivity contribution in [3.63, 3.8) is 0 Å². The molecule has 24 heteroatoms. The summed E-state index contributed by atoms with van der Waals surface area (Å²) in [5.41, 5.74) is 7.55. The Bertz CT molecular complexity index is 1450. The average molecular weight is 670 g/mol. The van der Waals surface area contributed by atoms with Crippen molar-refractivity contribution in [3.8, 4) is 11.1 Å². The van der Waals surface area contributed by atoms with Crippen molar-refractivity contribution in [2.75, 3.05) is 12.3 Å². The van der Waals surface area contributed by atoms with Gasteiger partial charge >= 0.3 is 118 Å². The fourth-order valence-electron chi connectivity index (χ4n) is 3.68. The Kier molecular flexibility index (Phi) is 18.0. The number of aliphatic hydroxyl groups excluding tert-OH is 2. The molecule has 0 radical (unpaired) electrons. The summed E-state index contributed by atoms with van der Waals surface area (Å²) in [6.45, 7) is -1.08. The standard InChI is InChI=1S/C17H21N4O13P3.4Na/c18-15-12-10(9-4-2-1-3-5-9)6-21(16(12)20-8-19-15)17-14(23)13(22)11(32-17)7-31-36(27,28)34-37(29,30)33-35(24,25)26;;;;/h1-6,8,11,13-14,17,22-23H,7H2,(H,27,28)(H,29,30)(H2,18,19,20)(H2,24,25,26);;;;/q;4*+1/p-4/t11-,13-,14-,17-;;;;/m1..../s1. The first kappa shape index (κ1) is 42.9. The number of rotatable bonds is 9. The fraction of sp³-hybridized carbons (Fsp3) is 0.294. The van der Waals surface area contributed by atoms with Gasteiger partial charge in [-0.2, -0.15) is 0 Å². The van der Waals surface area contributed by atoms with Gasteiger partial charge in [-0.1, -0.05) is 30.3 Å². The molecule has 0 spiro atoms. The predicted molar refractivity (Wildman–Crippen MR) is 114 cm³/mol. The maximum absolute atomic E-state index is 11.8. The van der Waals surface area contributed by atoms with Crippen LogP contribution in [0.1, 0.15) is 6.23 Å². The number of hydrogen-bond acceptors (Lipinski definition) is 16. The molecule has 0 saturated carbocycles. The molecule has 1 aliphatic rings. The second-order valence-corrected chi connectivity index (χ2v) is 11.9. The molecule has 1 aliphatic heterocycles. The Labute approximate surface area is 321 Å². The third-order valence-electron chi connectivity index (χ3n) is 5.13. The summed E-state index contributed by atoms with van der Waals surface area (Å²) in [6.07, 6.45) is -3.60. The van der Waals surface area contributed by atoms with Gasteiger partial charge in [-0.3, -0.25) is 13.4 Å². The van der Waals surface area contributed by atoms with Crippen molar-refractivity contribution >= 4 is 40.3 Å². The van der Waals surface area contributed by atoms with E-state index in [2.05, 4.69) is 23.1 Å². The zero-order chi connectivity index (χ0) is 27.2. The van der Waals surface area contributed by atoms with Gasteiger partial charge in [0.05, 0.1) is 19.8 Å². The number of nitrogens with zero attached hydrogens (tertiary/aromatic N) is 3. The van der Waals surface area contributed by atoms with Crippen molar-refractivity contribution in [2.45, 2.75) is 24.5 Å². The zero-order valence-electron chi connectivity index (χ0n) is 22.2. The topological polar surface area (TPSA) is 278 Å². The number of fused-ring (bicyclic) bond motifs is 1. The van der Waals surface area contributed by atoms with Gasteiger partial charge in [0.25, 0.3) is 15.6 Å². The van der Waals surface area contributed by atoms with Crippen LogP contribution in [0.15, 0.2) is 42.9 Å². The number of nitrogens with two attached hydrogens (primary N) is 1. The number of benzene rings is 1. The van der Waals surface area contributed by atoms with Crippen molar-refractivity contribution in [2.24, 2.45) is 0 Å². The van der Waals surface area contributed by atoms with E-state index in [1.807, 2.05) is 0 Å². The van der Waals surface area contributed by atoms with Crippen LogP contribution in [0.4, 0.5) is 5.82 Å². The van der Waals surface area contributed by atoms with Gasteiger partial charge in [-0.25, -0.2) is 14.3 Å². The second kappa shape index (κ2) is 17.2. The van der Waals surface area contributed by atoms with E-state index >= 15 is 0 Å². The van der Waals surface area contributed by atoms with Crippen LogP contribution in [0.25, 0.3) is 22.2 Å². The van der Waals surface area contributed by atoms with Crippen LogP contribution in [-0.4, -0.2) is 49.7 Å². The van der Waals surface area contributed by atoms with E-state index < -0.39 is 54.6 Å². The molecule has 1 saturated heterocycles. The monoisotopic (exact) mass is 670 g/mol. The third kappa shape index (κ3) is 11.0. The van der Waals surface area contributed by atoms with Crippen molar-refractivity contribution < 1.29 is 180 Å². The number of aromatic nitrogens is 3. The maximum Gasteiger partial charge on any atom is 1.00 e. The smallest absolute Gasteiger partial charge is 0.790 e. The zero-order valence-corrected chi connectivity index (χ0v) is 32.9. The van der Waals surface area contributed by atoms with Crippen molar-refractivity contribution in [3.05, 3.63) is 42.9 Å². The minimum absolute atomic E-state index is 0. The summed E-state index contributed by atoms with van der Waals surface area (Å²) in [4.78, 5) is 52.1. The summed E-state index contributed by atoms with van der Waals surface area (Å²) in [5.74, 6) is 0.116. The molecule has 6 atom stereocenters. The molecule has 0 aliphatic carbocycles. The number of anilines is 1. The fourth-order valence-corrected chi connectivity index (χ4v) is 6.55. The van der Waals surface area contributed by atoms with E-state index in [0.717, 1.165) is 11.9 Å². The molecule has 202 valence electrons. The first-order chi connectivity index (χ1) is 17.2. The molecule has 41 heavy (non-hydrogen) atoms.